The van der Waals surface area contributed by atoms with Crippen molar-refractivity contribution in [3.8, 4) is 11.4 Å². The van der Waals surface area contributed by atoms with Crippen molar-refractivity contribution in [1.29, 1.82) is 0 Å². The molecule has 1 aromatic heterocycles. The molecule has 0 aliphatic rings. The molecular formula is C21H23N3O3. The number of carbonyl (C=O) groups is 1. The molecule has 0 amide bonds. The van der Waals surface area contributed by atoms with Crippen molar-refractivity contribution in [1.82, 2.24) is 9.78 Å². The molecule has 6 heteroatoms. The number of methoxy groups -OCH3 is 1. The Bertz CT molecular complexity index is 992. The van der Waals surface area contributed by atoms with E-state index in [1.807, 2.05) is 48.9 Å². The van der Waals surface area contributed by atoms with Crippen molar-refractivity contribution in [2.45, 2.75) is 27.2 Å². The number of hydrogen-bond acceptors (Lipinski definition) is 4. The topological polar surface area (TPSA) is 76.4 Å². The van der Waals surface area contributed by atoms with Gasteiger partial charge in [-0.15, -0.1) is 0 Å². The predicted molar refractivity (Wildman–Crippen MR) is 106 cm³/mol. The van der Waals surface area contributed by atoms with Crippen LogP contribution in [0.2, 0.25) is 0 Å². The molecule has 0 fully saturated rings. The van der Waals surface area contributed by atoms with Gasteiger partial charge in [-0.05, 0) is 49.6 Å². The maximum atomic E-state index is 11.8. The van der Waals surface area contributed by atoms with E-state index < -0.39 is 5.97 Å². The molecule has 0 saturated heterocycles. The number of rotatable bonds is 6. The standard InChI is InChI=1S/C21H23N3O3/c1-5-15-8-6-7-9-18(15)24-19(11-14(3)23-24)22-20-13(2)10-16(27-4)12-17(20)21(25)26/h6-12,22H,5H2,1-4H3,(H,25,26). The number of aryl methyl sites for hydroxylation is 3. The third-order valence-electron chi connectivity index (χ3n) is 4.46. The number of benzene rings is 2. The quantitative estimate of drug-likeness (QED) is 0.672. The fourth-order valence-corrected chi connectivity index (χ4v) is 3.12. The zero-order chi connectivity index (χ0) is 19.6. The van der Waals surface area contributed by atoms with Gasteiger partial charge in [-0.25, -0.2) is 9.48 Å². The average molecular weight is 365 g/mol. The first-order valence-electron chi connectivity index (χ1n) is 8.78. The van der Waals surface area contributed by atoms with E-state index in [-0.39, 0.29) is 5.56 Å². The fourth-order valence-electron chi connectivity index (χ4n) is 3.12. The summed E-state index contributed by atoms with van der Waals surface area (Å²) in [7, 11) is 1.52. The molecule has 0 saturated carbocycles. The number of nitrogens with one attached hydrogen (secondary N) is 1. The highest BCUT2D eigenvalue weighted by Crippen LogP contribution is 2.31. The van der Waals surface area contributed by atoms with Gasteiger partial charge in [0.25, 0.3) is 0 Å². The summed E-state index contributed by atoms with van der Waals surface area (Å²) in [4.78, 5) is 11.8. The molecular weight excluding hydrogens is 342 g/mol. The Balaban J connectivity index is 2.12. The second-order valence-electron chi connectivity index (χ2n) is 6.36. The van der Waals surface area contributed by atoms with Gasteiger partial charge in [0.05, 0.1) is 29.7 Å². The van der Waals surface area contributed by atoms with Crippen LogP contribution in [-0.2, 0) is 6.42 Å². The van der Waals surface area contributed by atoms with Crippen LogP contribution in [0.3, 0.4) is 0 Å². The van der Waals surface area contributed by atoms with E-state index in [2.05, 4.69) is 23.4 Å². The second-order valence-corrected chi connectivity index (χ2v) is 6.36. The van der Waals surface area contributed by atoms with Crippen molar-refractivity contribution < 1.29 is 14.6 Å². The van der Waals surface area contributed by atoms with Gasteiger partial charge in [-0.1, -0.05) is 25.1 Å². The van der Waals surface area contributed by atoms with E-state index in [9.17, 15) is 9.90 Å². The SMILES string of the molecule is CCc1ccccc1-n1nc(C)cc1Nc1c(C)cc(OC)cc1C(=O)O. The van der Waals surface area contributed by atoms with Crippen molar-refractivity contribution >= 4 is 17.5 Å². The largest absolute Gasteiger partial charge is 0.497 e. The molecule has 3 aromatic rings. The summed E-state index contributed by atoms with van der Waals surface area (Å²) in [6, 6.07) is 13.3. The Morgan fingerprint density at radius 1 is 1.22 bits per heavy atom. The first-order valence-corrected chi connectivity index (χ1v) is 8.78. The maximum Gasteiger partial charge on any atom is 0.337 e. The Hall–Kier alpha value is -3.28. The van der Waals surface area contributed by atoms with Crippen LogP contribution in [-0.4, -0.2) is 28.0 Å². The third kappa shape index (κ3) is 3.65. The number of aromatic nitrogens is 2. The summed E-state index contributed by atoms with van der Waals surface area (Å²) in [5.41, 5.74) is 4.43. The maximum absolute atomic E-state index is 11.8. The Morgan fingerprint density at radius 2 is 1.96 bits per heavy atom. The van der Waals surface area contributed by atoms with Crippen molar-refractivity contribution in [3.05, 3.63) is 64.8 Å². The molecule has 0 spiro atoms. The van der Waals surface area contributed by atoms with Gasteiger partial charge < -0.3 is 15.2 Å². The lowest BCUT2D eigenvalue weighted by atomic mass is 10.1. The summed E-state index contributed by atoms with van der Waals surface area (Å²) < 4.78 is 7.03. The van der Waals surface area contributed by atoms with Gasteiger partial charge in [0.1, 0.15) is 11.6 Å². The third-order valence-corrected chi connectivity index (χ3v) is 4.46. The summed E-state index contributed by atoms with van der Waals surface area (Å²) in [6.45, 7) is 5.86. The fraction of sp³-hybridized carbons (Fsp3) is 0.238. The number of carboxylic acids is 1. The van der Waals surface area contributed by atoms with Gasteiger partial charge in [0.15, 0.2) is 0 Å². The number of carboxylic acid groups (broad SMARTS) is 1. The zero-order valence-electron chi connectivity index (χ0n) is 15.9. The normalized spacial score (nSPS) is 10.7. The zero-order valence-corrected chi connectivity index (χ0v) is 15.9. The summed E-state index contributed by atoms with van der Waals surface area (Å²) in [6.07, 6.45) is 0.871. The van der Waals surface area contributed by atoms with Crippen LogP contribution in [0.25, 0.3) is 5.69 Å². The Kier molecular flexibility index (Phi) is 5.16. The van der Waals surface area contributed by atoms with Crippen LogP contribution < -0.4 is 10.1 Å². The summed E-state index contributed by atoms with van der Waals surface area (Å²) in [5.74, 6) is 0.205. The number of para-hydroxylation sites is 1. The Morgan fingerprint density at radius 3 is 2.63 bits per heavy atom. The minimum absolute atomic E-state index is 0.154. The first kappa shape index (κ1) is 18.5. The smallest absolute Gasteiger partial charge is 0.337 e. The molecule has 0 atom stereocenters. The van der Waals surface area contributed by atoms with E-state index in [4.69, 9.17) is 4.74 Å². The van der Waals surface area contributed by atoms with Gasteiger partial charge in [0.2, 0.25) is 0 Å². The van der Waals surface area contributed by atoms with Crippen molar-refractivity contribution in [2.75, 3.05) is 12.4 Å². The highest BCUT2D eigenvalue weighted by Gasteiger charge is 2.18. The molecule has 0 radical (unpaired) electrons. The summed E-state index contributed by atoms with van der Waals surface area (Å²) in [5, 5.41) is 17.5. The molecule has 2 N–H and O–H groups in total. The molecule has 6 nitrogen and oxygen atoms in total. The van der Waals surface area contributed by atoms with Crippen LogP contribution >= 0.6 is 0 Å². The van der Waals surface area contributed by atoms with E-state index >= 15 is 0 Å². The van der Waals surface area contributed by atoms with Crippen molar-refractivity contribution in [3.63, 3.8) is 0 Å². The number of anilines is 2. The lowest BCUT2D eigenvalue weighted by molar-refractivity contribution is 0.0697. The van der Waals surface area contributed by atoms with Crippen molar-refractivity contribution in [2.24, 2.45) is 0 Å². The van der Waals surface area contributed by atoms with Gasteiger partial charge in [-0.3, -0.25) is 0 Å². The minimum Gasteiger partial charge on any atom is -0.497 e. The van der Waals surface area contributed by atoms with E-state index in [1.54, 1.807) is 0 Å². The molecule has 3 rings (SSSR count). The second kappa shape index (κ2) is 7.53. The highest BCUT2D eigenvalue weighted by molar-refractivity contribution is 5.96. The Labute approximate surface area is 158 Å². The van der Waals surface area contributed by atoms with Crippen LogP contribution in [0.4, 0.5) is 11.5 Å². The van der Waals surface area contributed by atoms with Crippen LogP contribution in [0.5, 0.6) is 5.75 Å². The molecule has 0 unspecified atom stereocenters. The molecule has 1 heterocycles. The number of ether oxygens (including phenoxy) is 1. The molecule has 2 aromatic carbocycles. The van der Waals surface area contributed by atoms with Gasteiger partial charge in [-0.2, -0.15) is 5.10 Å². The predicted octanol–water partition coefficient (Wildman–Crippen LogP) is 4.50. The molecule has 0 aliphatic carbocycles. The highest BCUT2D eigenvalue weighted by atomic mass is 16.5. The number of nitrogens with zero attached hydrogens (tertiary/aromatic N) is 2. The molecule has 0 aliphatic heterocycles. The average Bonchev–Trinajstić information content (AvgIpc) is 3.02. The molecule has 27 heavy (non-hydrogen) atoms. The van der Waals surface area contributed by atoms with Gasteiger partial charge in [0, 0.05) is 6.07 Å². The summed E-state index contributed by atoms with van der Waals surface area (Å²) >= 11 is 0. The molecule has 0 bridgehead atoms. The van der Waals surface area contributed by atoms with E-state index in [0.717, 1.165) is 28.9 Å². The van der Waals surface area contributed by atoms with Crippen LogP contribution in [0.1, 0.15) is 34.1 Å². The lowest BCUT2D eigenvalue weighted by Gasteiger charge is -2.16. The lowest BCUT2D eigenvalue weighted by Crippen LogP contribution is -2.09. The van der Waals surface area contributed by atoms with Crippen LogP contribution in [0, 0.1) is 13.8 Å². The van der Waals surface area contributed by atoms with E-state index in [1.165, 1.54) is 13.2 Å². The number of aromatic carboxylic acids is 1. The van der Waals surface area contributed by atoms with Gasteiger partial charge >= 0.3 is 5.97 Å². The molecule has 140 valence electrons. The van der Waals surface area contributed by atoms with E-state index in [0.29, 0.717) is 17.3 Å². The first-order chi connectivity index (χ1) is 12.9. The minimum atomic E-state index is -1.02. The number of hydrogen-bond donors (Lipinski definition) is 2. The monoisotopic (exact) mass is 365 g/mol. The van der Waals surface area contributed by atoms with Crippen LogP contribution in [0.15, 0.2) is 42.5 Å².